The van der Waals surface area contributed by atoms with Gasteiger partial charge < -0.3 is 4.48 Å². The minimum absolute atomic E-state index is 0.268. The zero-order valence-electron chi connectivity index (χ0n) is 21.2. The number of hydrogen-bond donors (Lipinski definition) is 2. The van der Waals surface area contributed by atoms with Crippen molar-refractivity contribution in [2.24, 2.45) is 5.84 Å². The van der Waals surface area contributed by atoms with Gasteiger partial charge in [0.1, 0.15) is 0 Å². The number of rotatable bonds is 14. The molecule has 4 heteroatoms. The number of amides is 1. The summed E-state index contributed by atoms with van der Waals surface area (Å²) < 4.78 is 1.12. The third kappa shape index (κ3) is 13.5. The Morgan fingerprint density at radius 3 is 1.75 bits per heavy atom. The summed E-state index contributed by atoms with van der Waals surface area (Å²) in [4.78, 5) is 11.2. The van der Waals surface area contributed by atoms with Gasteiger partial charge in [0.2, 0.25) is 0 Å². The Bertz CT molecular complexity index is 752. The summed E-state index contributed by atoms with van der Waals surface area (Å²) in [6.45, 7) is 3.62. The molecule has 32 heavy (non-hydrogen) atoms. The molecule has 0 atom stereocenters. The molecule has 0 fully saturated rings. The molecule has 1 amide bonds. The first kappa shape index (κ1) is 28.1. The molecule has 0 aromatic heterocycles. The molecular formula is C28H48N3O+. The van der Waals surface area contributed by atoms with Crippen LogP contribution in [0, 0.1) is 0 Å². The summed E-state index contributed by atoms with van der Waals surface area (Å²) in [6, 6.07) is 13.3. The van der Waals surface area contributed by atoms with Gasteiger partial charge in [0.05, 0.1) is 27.7 Å². The summed E-state index contributed by atoms with van der Waals surface area (Å²) >= 11 is 0. The van der Waals surface area contributed by atoms with E-state index in [4.69, 9.17) is 5.84 Å². The summed E-state index contributed by atoms with van der Waals surface area (Å²) in [5.41, 5.74) is 2.68. The quantitative estimate of drug-likeness (QED) is 0.111. The van der Waals surface area contributed by atoms with Crippen LogP contribution in [0.2, 0.25) is 0 Å². The van der Waals surface area contributed by atoms with Gasteiger partial charge in [0.25, 0.3) is 5.91 Å². The van der Waals surface area contributed by atoms with Crippen LogP contribution in [0.15, 0.2) is 42.5 Å². The molecule has 0 aliphatic heterocycles. The molecule has 0 saturated carbocycles. The van der Waals surface area contributed by atoms with E-state index in [9.17, 15) is 4.79 Å². The predicted octanol–water partition coefficient (Wildman–Crippen LogP) is 6.84. The van der Waals surface area contributed by atoms with E-state index in [2.05, 4.69) is 33.5 Å². The molecule has 0 saturated heterocycles. The average Bonchev–Trinajstić information content (AvgIpc) is 2.78. The van der Waals surface area contributed by atoms with Gasteiger partial charge in [0, 0.05) is 5.56 Å². The van der Waals surface area contributed by atoms with Crippen molar-refractivity contribution >= 4 is 16.7 Å². The maximum absolute atomic E-state index is 11.2. The van der Waals surface area contributed by atoms with Gasteiger partial charge >= 0.3 is 0 Å². The van der Waals surface area contributed by atoms with Crippen LogP contribution in [0.4, 0.5) is 0 Å². The molecular weight excluding hydrogens is 394 g/mol. The number of nitrogens with zero attached hydrogens (tertiary/aromatic N) is 1. The zero-order chi connectivity index (χ0) is 23.7. The number of benzene rings is 2. The minimum Gasteiger partial charge on any atom is -0.331 e. The molecule has 0 bridgehead atoms. The first-order valence-electron chi connectivity index (χ1n) is 12.7. The molecule has 0 aliphatic rings. The number of carbonyl (C=O) groups is 1. The van der Waals surface area contributed by atoms with Crippen LogP contribution in [0.1, 0.15) is 94.3 Å². The van der Waals surface area contributed by atoms with Crippen LogP contribution < -0.4 is 11.3 Å². The van der Waals surface area contributed by atoms with Gasteiger partial charge in [-0.15, -0.1) is 0 Å². The second-order valence-electron chi connectivity index (χ2n) is 9.94. The molecule has 0 aliphatic carbocycles. The molecule has 2 aromatic rings. The maximum Gasteiger partial charge on any atom is 0.265 e. The maximum atomic E-state index is 11.2. The normalized spacial score (nSPS) is 11.2. The number of fused-ring (bicyclic) bond motifs is 1. The van der Waals surface area contributed by atoms with Crippen molar-refractivity contribution in [2.45, 2.75) is 84.0 Å². The van der Waals surface area contributed by atoms with Crippen LogP contribution in [-0.4, -0.2) is 38.1 Å². The molecule has 2 aromatic carbocycles. The van der Waals surface area contributed by atoms with Crippen molar-refractivity contribution in [2.75, 3.05) is 27.7 Å². The number of hydrogen-bond acceptors (Lipinski definition) is 2. The van der Waals surface area contributed by atoms with Crippen LogP contribution >= 0.6 is 0 Å². The largest absolute Gasteiger partial charge is 0.331 e. The van der Waals surface area contributed by atoms with Crippen molar-refractivity contribution in [1.29, 1.82) is 0 Å². The lowest BCUT2D eigenvalue weighted by Crippen LogP contribution is -2.35. The van der Waals surface area contributed by atoms with Gasteiger partial charge in [-0.1, -0.05) is 101 Å². The van der Waals surface area contributed by atoms with Gasteiger partial charge in [0.15, 0.2) is 0 Å². The van der Waals surface area contributed by atoms with E-state index in [0.717, 1.165) is 15.3 Å². The van der Waals surface area contributed by atoms with Crippen LogP contribution in [0.5, 0.6) is 0 Å². The lowest BCUT2D eigenvalue weighted by Gasteiger charge is -2.23. The number of nitrogens with one attached hydrogen (secondary N) is 1. The van der Waals surface area contributed by atoms with E-state index in [1.165, 1.54) is 83.6 Å². The summed E-state index contributed by atoms with van der Waals surface area (Å²) in [5, 5.41) is 2.15. The molecule has 0 spiro atoms. The molecule has 0 heterocycles. The molecule has 3 N–H and O–H groups in total. The Morgan fingerprint density at radius 1 is 0.750 bits per heavy atom. The van der Waals surface area contributed by atoms with Crippen LogP contribution in [0.3, 0.4) is 0 Å². The third-order valence-corrected chi connectivity index (χ3v) is 5.83. The number of hydrazine groups is 1. The summed E-state index contributed by atoms with van der Waals surface area (Å²) in [5.74, 6) is 4.78. The molecule has 180 valence electrons. The first-order valence-corrected chi connectivity index (χ1v) is 12.7. The summed E-state index contributed by atoms with van der Waals surface area (Å²) in [7, 11) is 6.87. The van der Waals surface area contributed by atoms with Crippen molar-refractivity contribution in [3.63, 3.8) is 0 Å². The number of nitrogen functional groups attached to an aromatic ring is 1. The van der Waals surface area contributed by atoms with Crippen molar-refractivity contribution < 1.29 is 9.28 Å². The average molecular weight is 443 g/mol. The Balaban J connectivity index is 0.000000328. The highest BCUT2D eigenvalue weighted by atomic mass is 16.2. The monoisotopic (exact) mass is 442 g/mol. The van der Waals surface area contributed by atoms with Crippen LogP contribution in [0.25, 0.3) is 10.8 Å². The highest BCUT2D eigenvalue weighted by Crippen LogP contribution is 2.15. The lowest BCUT2D eigenvalue weighted by atomic mass is 10.1. The van der Waals surface area contributed by atoms with Crippen molar-refractivity contribution in [3.8, 4) is 0 Å². The topological polar surface area (TPSA) is 55.1 Å². The van der Waals surface area contributed by atoms with E-state index in [0.29, 0.717) is 5.56 Å². The van der Waals surface area contributed by atoms with Gasteiger partial charge in [-0.2, -0.15) is 0 Å². The van der Waals surface area contributed by atoms with E-state index in [1.54, 1.807) is 6.07 Å². The Hall–Kier alpha value is -1.91. The third-order valence-electron chi connectivity index (χ3n) is 5.83. The zero-order valence-corrected chi connectivity index (χ0v) is 21.2. The second-order valence-corrected chi connectivity index (χ2v) is 9.94. The highest BCUT2D eigenvalue weighted by molar-refractivity contribution is 5.98. The van der Waals surface area contributed by atoms with E-state index >= 15 is 0 Å². The van der Waals surface area contributed by atoms with Crippen molar-refractivity contribution in [1.82, 2.24) is 5.43 Å². The van der Waals surface area contributed by atoms with Crippen molar-refractivity contribution in [3.05, 3.63) is 48.0 Å². The van der Waals surface area contributed by atoms with E-state index < -0.39 is 0 Å². The van der Waals surface area contributed by atoms with E-state index in [-0.39, 0.29) is 5.91 Å². The first-order chi connectivity index (χ1) is 15.4. The highest BCUT2D eigenvalue weighted by Gasteiger charge is 2.05. The fourth-order valence-corrected chi connectivity index (χ4v) is 3.84. The van der Waals surface area contributed by atoms with Gasteiger partial charge in [-0.05, 0) is 35.7 Å². The lowest BCUT2D eigenvalue weighted by molar-refractivity contribution is -0.870. The Labute approximate surface area is 197 Å². The van der Waals surface area contributed by atoms with E-state index in [1.807, 2.05) is 36.4 Å². The number of quaternary nitrogens is 1. The molecule has 0 radical (unpaired) electrons. The van der Waals surface area contributed by atoms with Gasteiger partial charge in [-0.3, -0.25) is 10.2 Å². The standard InChI is InChI=1S/C17H38N.C11H10N2O/c1-5-6-7-8-9-10-11-12-13-14-15-16-17-18(2,3)4;12-13-11(14)10-6-5-8-3-1-2-4-9(8)7-10/h5-17H2,1-4H3;1-7H,12H2,(H,13,14)/q+1;. The molecule has 2 rings (SSSR count). The second kappa shape index (κ2) is 16.7. The smallest absolute Gasteiger partial charge is 0.265 e. The number of carbonyl (C=O) groups excluding carboxylic acids is 1. The SMILES string of the molecule is CCCCCCCCCCCCCC[N+](C)(C)C.NNC(=O)c1ccc2ccccc2c1. The van der Waals surface area contributed by atoms with Gasteiger partial charge in [-0.25, -0.2) is 5.84 Å². The summed E-state index contributed by atoms with van der Waals surface area (Å²) in [6.07, 6.45) is 17.4. The Morgan fingerprint density at radius 2 is 1.25 bits per heavy atom. The fourth-order valence-electron chi connectivity index (χ4n) is 3.84. The fraction of sp³-hybridized carbons (Fsp3) is 0.607. The predicted molar refractivity (Wildman–Crippen MR) is 140 cm³/mol. The number of unbranched alkanes of at least 4 members (excludes halogenated alkanes) is 11. The van der Waals surface area contributed by atoms with Crippen LogP contribution in [-0.2, 0) is 0 Å². The number of nitrogens with two attached hydrogens (primary N) is 1. The Kier molecular flexibility index (Phi) is 14.7. The molecule has 0 unspecified atom stereocenters. The molecule has 4 nitrogen and oxygen atoms in total. The minimum atomic E-state index is -0.268.